The Morgan fingerprint density at radius 3 is 2.36 bits per heavy atom. The summed E-state index contributed by atoms with van der Waals surface area (Å²) in [5, 5.41) is 9.92. The lowest BCUT2D eigenvalue weighted by Crippen LogP contribution is -2.46. The molecular formula is C40H66N4O9S3. The fourth-order valence-corrected chi connectivity index (χ4v) is 6.84. The lowest BCUT2D eigenvalue weighted by molar-refractivity contribution is -0.155. The fourth-order valence-electron chi connectivity index (χ4n) is 4.77. The van der Waals surface area contributed by atoms with Gasteiger partial charge in [0.05, 0.1) is 19.6 Å². The van der Waals surface area contributed by atoms with Gasteiger partial charge in [-0.2, -0.15) is 0 Å². The molecular weight excluding hydrogens is 777 g/mol. The standard InChI is InChI=1S/C40H66N4O9S3/c1-11-13-14-15-16-20-35(46)54-22-18-17-19-29(25-34(45)51-21-23-56(8,9)10)52-38(49)31(24-28(3)4)44-36(47)30(12-2)43-37(48)32-27-55-33(42-32)26-41-39(50)53-40(5,6)7/h12,17,19,27-29,31H,11,13-16,18,20-26H2,1-10H3,(H,41,50)(H,43,48)(H,44,47)/b19-17+,30-12-/t29-,31+/m1/s1. The molecule has 318 valence electrons. The summed E-state index contributed by atoms with van der Waals surface area (Å²) in [4.78, 5) is 81.4. The number of alkyl carbamates (subject to hydrolysis) is 1. The van der Waals surface area contributed by atoms with Crippen molar-refractivity contribution in [2.24, 2.45) is 5.92 Å². The molecule has 56 heavy (non-hydrogen) atoms. The number of ether oxygens (including phenoxy) is 3. The Morgan fingerprint density at radius 2 is 1.73 bits per heavy atom. The number of carbonyl (C=O) groups excluding carboxylic acids is 6. The largest absolute Gasteiger partial charge is 0.465 e. The Labute approximate surface area is 344 Å². The van der Waals surface area contributed by atoms with Crippen LogP contribution < -0.4 is 16.0 Å². The van der Waals surface area contributed by atoms with Crippen molar-refractivity contribution in [2.75, 3.05) is 36.9 Å². The number of aromatic nitrogens is 1. The number of hydrogen-bond donors (Lipinski definition) is 3. The van der Waals surface area contributed by atoms with Crippen LogP contribution in [0.15, 0.2) is 29.3 Å². The third-order valence-corrected chi connectivity index (χ3v) is 10.8. The van der Waals surface area contributed by atoms with Crippen LogP contribution in [0.3, 0.4) is 0 Å². The maximum Gasteiger partial charge on any atom is 0.408 e. The average molecular weight is 843 g/mol. The molecule has 1 heterocycles. The maximum absolute atomic E-state index is 13.6. The van der Waals surface area contributed by atoms with Crippen LogP contribution >= 0.6 is 33.1 Å². The molecule has 0 fully saturated rings. The van der Waals surface area contributed by atoms with E-state index >= 15 is 0 Å². The zero-order valence-electron chi connectivity index (χ0n) is 35.1. The highest BCUT2D eigenvalue weighted by molar-refractivity contribution is 8.32. The lowest BCUT2D eigenvalue weighted by atomic mass is 10.0. The van der Waals surface area contributed by atoms with Gasteiger partial charge in [-0.1, -0.05) is 70.4 Å². The van der Waals surface area contributed by atoms with Crippen LogP contribution in [0.4, 0.5) is 4.79 Å². The minimum atomic E-state index is -1.10. The zero-order valence-corrected chi connectivity index (χ0v) is 37.5. The Balaban J connectivity index is 2.95. The summed E-state index contributed by atoms with van der Waals surface area (Å²) in [6, 6.07) is -1.10. The number of amides is 3. The van der Waals surface area contributed by atoms with E-state index in [1.165, 1.54) is 29.6 Å². The van der Waals surface area contributed by atoms with Gasteiger partial charge in [0.1, 0.15) is 34.1 Å². The average Bonchev–Trinajstić information content (AvgIpc) is 3.57. The zero-order chi connectivity index (χ0) is 42.3. The number of esters is 2. The molecule has 0 bridgehead atoms. The first-order valence-electron chi connectivity index (χ1n) is 19.3. The Hall–Kier alpha value is -3.37. The van der Waals surface area contributed by atoms with Gasteiger partial charge in [0, 0.05) is 23.3 Å². The number of unbranched alkanes of at least 4 members (excludes halogenated alkanes) is 4. The summed E-state index contributed by atoms with van der Waals surface area (Å²) >= 11 is 2.43. The van der Waals surface area contributed by atoms with Crippen LogP contribution in [0.25, 0.3) is 0 Å². The highest BCUT2D eigenvalue weighted by Gasteiger charge is 2.28. The first-order valence-corrected chi connectivity index (χ1v) is 24.2. The number of rotatable bonds is 25. The van der Waals surface area contributed by atoms with Crippen LogP contribution in [0.2, 0.25) is 0 Å². The van der Waals surface area contributed by atoms with E-state index in [0.717, 1.165) is 42.8 Å². The van der Waals surface area contributed by atoms with Crippen molar-refractivity contribution in [3.8, 4) is 0 Å². The predicted molar refractivity (Wildman–Crippen MR) is 228 cm³/mol. The number of nitrogens with zero attached hydrogens (tertiary/aromatic N) is 1. The molecule has 13 nitrogen and oxygen atoms in total. The molecule has 0 saturated carbocycles. The monoisotopic (exact) mass is 842 g/mol. The van der Waals surface area contributed by atoms with Gasteiger partial charge in [0.2, 0.25) is 0 Å². The molecule has 0 aromatic carbocycles. The van der Waals surface area contributed by atoms with Gasteiger partial charge in [0.25, 0.3) is 11.8 Å². The third kappa shape index (κ3) is 24.3. The molecule has 0 aliphatic heterocycles. The number of nitrogens with one attached hydrogen (secondary N) is 3. The van der Waals surface area contributed by atoms with Gasteiger partial charge in [-0.05, 0) is 77.7 Å². The molecule has 1 aromatic rings. The van der Waals surface area contributed by atoms with Crippen molar-refractivity contribution in [1.82, 2.24) is 20.9 Å². The second kappa shape index (κ2) is 26.5. The van der Waals surface area contributed by atoms with Crippen LogP contribution in [0.5, 0.6) is 0 Å². The van der Waals surface area contributed by atoms with E-state index < -0.39 is 57.6 Å². The summed E-state index contributed by atoms with van der Waals surface area (Å²) in [6.45, 7) is 13.0. The molecule has 0 unspecified atom stereocenters. The smallest absolute Gasteiger partial charge is 0.408 e. The minimum absolute atomic E-state index is 0.0284. The molecule has 3 N–H and O–H groups in total. The van der Waals surface area contributed by atoms with Gasteiger partial charge in [0.15, 0.2) is 5.12 Å². The second-order valence-corrected chi connectivity index (χ2v) is 22.3. The molecule has 3 amide bonds. The molecule has 1 aromatic heterocycles. The van der Waals surface area contributed by atoms with E-state index in [1.54, 1.807) is 39.8 Å². The fraction of sp³-hybridized carbons (Fsp3) is 0.675. The predicted octanol–water partition coefficient (Wildman–Crippen LogP) is 7.44. The van der Waals surface area contributed by atoms with E-state index in [4.69, 9.17) is 14.2 Å². The van der Waals surface area contributed by atoms with Gasteiger partial charge in [-0.15, -0.1) is 11.3 Å². The van der Waals surface area contributed by atoms with Gasteiger partial charge < -0.3 is 30.2 Å². The summed E-state index contributed by atoms with van der Waals surface area (Å²) in [5.41, 5.74) is -0.732. The summed E-state index contributed by atoms with van der Waals surface area (Å²) in [6.07, 6.45) is 16.1. The lowest BCUT2D eigenvalue weighted by Gasteiger charge is -2.25. The van der Waals surface area contributed by atoms with Crippen molar-refractivity contribution in [2.45, 2.75) is 131 Å². The molecule has 2 atom stereocenters. The Bertz CT molecular complexity index is 1480. The number of thiazole rings is 1. The van der Waals surface area contributed by atoms with Crippen molar-refractivity contribution in [1.29, 1.82) is 0 Å². The van der Waals surface area contributed by atoms with Crippen molar-refractivity contribution < 1.29 is 43.0 Å². The molecule has 0 spiro atoms. The molecule has 0 aliphatic rings. The van der Waals surface area contributed by atoms with Crippen molar-refractivity contribution >= 4 is 68.1 Å². The van der Waals surface area contributed by atoms with E-state index in [0.29, 0.717) is 23.6 Å². The normalized spacial score (nSPS) is 13.5. The van der Waals surface area contributed by atoms with Gasteiger partial charge >= 0.3 is 18.0 Å². The highest BCUT2D eigenvalue weighted by atomic mass is 32.3. The number of hydrogen-bond acceptors (Lipinski definition) is 12. The highest BCUT2D eigenvalue weighted by Crippen LogP contribution is 2.33. The third-order valence-electron chi connectivity index (χ3n) is 7.62. The maximum atomic E-state index is 13.6. The molecule has 1 rings (SSSR count). The molecule has 16 heteroatoms. The summed E-state index contributed by atoms with van der Waals surface area (Å²) in [5.74, 6) is -1.36. The first kappa shape index (κ1) is 50.6. The second-order valence-electron chi connectivity index (χ2n) is 15.6. The molecule has 0 saturated heterocycles. The number of thioether (sulfide) groups is 1. The topological polar surface area (TPSA) is 179 Å². The van der Waals surface area contributed by atoms with Gasteiger partial charge in [-0.3, -0.25) is 19.2 Å². The summed E-state index contributed by atoms with van der Waals surface area (Å²) < 4.78 is 16.5. The van der Waals surface area contributed by atoms with E-state index in [-0.39, 0.29) is 48.4 Å². The van der Waals surface area contributed by atoms with Crippen LogP contribution in [0.1, 0.15) is 122 Å². The van der Waals surface area contributed by atoms with Crippen LogP contribution in [-0.4, -0.2) is 94.6 Å². The first-order chi connectivity index (χ1) is 26.2. The van der Waals surface area contributed by atoms with Gasteiger partial charge in [-0.25, -0.2) is 24.6 Å². The Morgan fingerprint density at radius 1 is 1.04 bits per heavy atom. The van der Waals surface area contributed by atoms with E-state index in [1.807, 2.05) is 13.8 Å². The van der Waals surface area contributed by atoms with Crippen LogP contribution in [0, 0.1) is 5.92 Å². The van der Waals surface area contributed by atoms with Crippen molar-refractivity contribution in [3.63, 3.8) is 0 Å². The quantitative estimate of drug-likeness (QED) is 0.0293. The minimum Gasteiger partial charge on any atom is -0.465 e. The SMILES string of the molecule is C/C=C(\NC(=O)c1csc(CNC(=O)OC(C)(C)C)n1)C(=O)N[C@@H](CC(C)C)C(=O)O[C@H](/C=C/CCSC(=O)CCCCCCC)CC(=O)OCCS(C)(C)C. The van der Waals surface area contributed by atoms with E-state index in [2.05, 4.69) is 46.6 Å². The van der Waals surface area contributed by atoms with Crippen molar-refractivity contribution in [3.05, 3.63) is 40.0 Å². The summed E-state index contributed by atoms with van der Waals surface area (Å²) in [7, 11) is -0.880. The molecule has 0 radical (unpaired) electrons. The number of carbonyl (C=O) groups is 6. The van der Waals surface area contributed by atoms with Crippen LogP contribution in [-0.2, 0) is 39.9 Å². The Kier molecular flexibility index (Phi) is 24.0. The number of allylic oxidation sites excluding steroid dienone is 2. The molecule has 0 aliphatic carbocycles. The van der Waals surface area contributed by atoms with E-state index in [9.17, 15) is 28.8 Å².